The molecule has 0 saturated carbocycles. The molecule has 1 unspecified atom stereocenters. The molecule has 2 aliphatic heterocycles. The minimum absolute atomic E-state index is 0.206. The molecular weight excluding hydrogens is 298 g/mol. The number of nitrogens with zero attached hydrogens (tertiary/aromatic N) is 1. The van der Waals surface area contributed by atoms with Gasteiger partial charge in [0.2, 0.25) is 5.90 Å². The Hall–Kier alpha value is -2.40. The number of rotatable bonds is 2. The van der Waals surface area contributed by atoms with E-state index in [4.69, 9.17) is 9.47 Å². The van der Waals surface area contributed by atoms with Crippen LogP contribution in [-0.2, 0) is 16.0 Å². The Bertz CT molecular complexity index is 805. The van der Waals surface area contributed by atoms with Crippen molar-refractivity contribution in [2.75, 3.05) is 0 Å². The zero-order valence-corrected chi connectivity index (χ0v) is 12.7. The second kappa shape index (κ2) is 5.10. The van der Waals surface area contributed by atoms with Crippen LogP contribution in [0.5, 0.6) is 5.75 Å². The smallest absolute Gasteiger partial charge is 0.363 e. The normalized spacial score (nSPS) is 21.5. The Morgan fingerprint density at radius 2 is 2.27 bits per heavy atom. The monoisotopic (exact) mass is 311 g/mol. The predicted molar refractivity (Wildman–Crippen MR) is 85.2 cm³/mol. The molecule has 1 aromatic carbocycles. The summed E-state index contributed by atoms with van der Waals surface area (Å²) >= 11 is 1.50. The van der Waals surface area contributed by atoms with Gasteiger partial charge in [-0.1, -0.05) is 12.1 Å². The highest BCUT2D eigenvalue weighted by Gasteiger charge is 2.25. The molecule has 0 bridgehead atoms. The summed E-state index contributed by atoms with van der Waals surface area (Å²) in [4.78, 5) is 17.1. The molecule has 0 fully saturated rings. The molecule has 4 rings (SSSR count). The van der Waals surface area contributed by atoms with Gasteiger partial charge in [-0.15, -0.1) is 11.3 Å². The number of esters is 1. The van der Waals surface area contributed by atoms with E-state index in [0.717, 1.165) is 28.2 Å². The minimum atomic E-state index is -0.409. The van der Waals surface area contributed by atoms with E-state index in [1.54, 1.807) is 6.08 Å². The van der Waals surface area contributed by atoms with E-state index >= 15 is 0 Å². The standard InChI is InChI=1S/C17H13NO3S/c1-10-7-12-8-11(4-5-14(12)20-10)9-13-17(19)21-16(18-13)15-3-2-6-22-15/h2-6,8-10H,7H2,1H3. The van der Waals surface area contributed by atoms with Crippen molar-refractivity contribution >= 4 is 29.3 Å². The summed E-state index contributed by atoms with van der Waals surface area (Å²) in [7, 11) is 0. The summed E-state index contributed by atoms with van der Waals surface area (Å²) < 4.78 is 10.9. The fourth-order valence-electron chi connectivity index (χ4n) is 2.60. The van der Waals surface area contributed by atoms with E-state index in [0.29, 0.717) is 11.6 Å². The average molecular weight is 311 g/mol. The molecule has 2 aromatic rings. The summed E-state index contributed by atoms with van der Waals surface area (Å²) in [5.41, 5.74) is 2.42. The molecule has 0 amide bonds. The Morgan fingerprint density at radius 1 is 1.36 bits per heavy atom. The van der Waals surface area contributed by atoms with Crippen molar-refractivity contribution in [3.8, 4) is 5.75 Å². The fourth-order valence-corrected chi connectivity index (χ4v) is 3.25. The van der Waals surface area contributed by atoms with Gasteiger partial charge in [-0.2, -0.15) is 0 Å². The number of hydrogen-bond acceptors (Lipinski definition) is 5. The number of fused-ring (bicyclic) bond motifs is 1. The van der Waals surface area contributed by atoms with E-state index in [9.17, 15) is 4.79 Å². The third-order valence-corrected chi connectivity index (χ3v) is 4.43. The lowest BCUT2D eigenvalue weighted by Gasteiger charge is -2.02. The molecule has 2 aliphatic rings. The molecular formula is C17H13NO3S. The van der Waals surface area contributed by atoms with Crippen LogP contribution in [0.15, 0.2) is 46.4 Å². The van der Waals surface area contributed by atoms with Crippen molar-refractivity contribution in [2.45, 2.75) is 19.4 Å². The summed E-state index contributed by atoms with van der Waals surface area (Å²) in [5, 5.41) is 1.93. The molecule has 1 atom stereocenters. The molecule has 0 aliphatic carbocycles. The average Bonchev–Trinajstić information content (AvgIpc) is 3.18. The highest BCUT2D eigenvalue weighted by Crippen LogP contribution is 2.30. The van der Waals surface area contributed by atoms with Crippen LogP contribution < -0.4 is 4.74 Å². The minimum Gasteiger partial charge on any atom is -0.490 e. The van der Waals surface area contributed by atoms with E-state index in [1.807, 2.05) is 42.6 Å². The molecule has 22 heavy (non-hydrogen) atoms. The van der Waals surface area contributed by atoms with Crippen LogP contribution in [0.3, 0.4) is 0 Å². The highest BCUT2D eigenvalue weighted by atomic mass is 32.1. The van der Waals surface area contributed by atoms with Crippen LogP contribution in [0, 0.1) is 0 Å². The van der Waals surface area contributed by atoms with Crippen LogP contribution in [0.2, 0.25) is 0 Å². The van der Waals surface area contributed by atoms with Gasteiger partial charge in [-0.3, -0.25) is 0 Å². The number of aliphatic imine (C=N–C) groups is 1. The maximum atomic E-state index is 11.9. The predicted octanol–water partition coefficient (Wildman–Crippen LogP) is 3.42. The van der Waals surface area contributed by atoms with Gasteiger partial charge in [-0.05, 0) is 47.7 Å². The van der Waals surface area contributed by atoms with Gasteiger partial charge in [0.1, 0.15) is 11.9 Å². The lowest BCUT2D eigenvalue weighted by molar-refractivity contribution is -0.129. The largest absolute Gasteiger partial charge is 0.490 e. The first-order valence-corrected chi connectivity index (χ1v) is 7.93. The maximum absolute atomic E-state index is 11.9. The second-order valence-electron chi connectivity index (χ2n) is 5.31. The van der Waals surface area contributed by atoms with Crippen molar-refractivity contribution in [1.29, 1.82) is 0 Å². The topological polar surface area (TPSA) is 47.9 Å². The maximum Gasteiger partial charge on any atom is 0.363 e. The third-order valence-electron chi connectivity index (χ3n) is 3.58. The van der Waals surface area contributed by atoms with Gasteiger partial charge in [-0.25, -0.2) is 9.79 Å². The number of carbonyl (C=O) groups excluding carboxylic acids is 1. The number of benzene rings is 1. The van der Waals surface area contributed by atoms with Crippen molar-refractivity contribution in [3.05, 3.63) is 57.4 Å². The highest BCUT2D eigenvalue weighted by molar-refractivity contribution is 7.12. The van der Waals surface area contributed by atoms with Crippen molar-refractivity contribution in [1.82, 2.24) is 0 Å². The Labute approximate surface area is 131 Å². The van der Waals surface area contributed by atoms with Gasteiger partial charge in [0.15, 0.2) is 5.70 Å². The molecule has 0 radical (unpaired) electrons. The van der Waals surface area contributed by atoms with Crippen molar-refractivity contribution in [3.63, 3.8) is 0 Å². The SMILES string of the molecule is CC1Cc2cc(C=C3N=C(c4cccs4)OC3=O)ccc2O1. The lowest BCUT2D eigenvalue weighted by atomic mass is 10.1. The van der Waals surface area contributed by atoms with Crippen LogP contribution >= 0.6 is 11.3 Å². The van der Waals surface area contributed by atoms with Gasteiger partial charge >= 0.3 is 5.97 Å². The summed E-state index contributed by atoms with van der Waals surface area (Å²) in [6.07, 6.45) is 2.85. The molecule has 4 nitrogen and oxygen atoms in total. The molecule has 110 valence electrons. The van der Waals surface area contributed by atoms with Crippen molar-refractivity contribution in [2.24, 2.45) is 4.99 Å². The molecule has 0 N–H and O–H groups in total. The van der Waals surface area contributed by atoms with Crippen LogP contribution in [0.25, 0.3) is 6.08 Å². The fraction of sp³-hybridized carbons (Fsp3) is 0.176. The first-order valence-electron chi connectivity index (χ1n) is 7.05. The van der Waals surface area contributed by atoms with Crippen LogP contribution in [-0.4, -0.2) is 18.0 Å². The summed E-state index contributed by atoms with van der Waals surface area (Å²) in [5.74, 6) is 0.893. The first-order chi connectivity index (χ1) is 10.7. The zero-order valence-electron chi connectivity index (χ0n) is 11.9. The van der Waals surface area contributed by atoms with Gasteiger partial charge < -0.3 is 9.47 Å². The molecule has 0 spiro atoms. The summed E-state index contributed by atoms with van der Waals surface area (Å²) in [6, 6.07) is 9.69. The van der Waals surface area contributed by atoms with E-state index < -0.39 is 5.97 Å². The molecule has 3 heterocycles. The third kappa shape index (κ3) is 2.33. The molecule has 0 saturated heterocycles. The quantitative estimate of drug-likeness (QED) is 0.631. The first kappa shape index (κ1) is 13.3. The number of thiophene rings is 1. The van der Waals surface area contributed by atoms with Crippen LogP contribution in [0.1, 0.15) is 22.9 Å². The zero-order chi connectivity index (χ0) is 15.1. The Balaban J connectivity index is 1.66. The van der Waals surface area contributed by atoms with Crippen molar-refractivity contribution < 1.29 is 14.3 Å². The number of cyclic esters (lactones) is 1. The van der Waals surface area contributed by atoms with Gasteiger partial charge in [0.05, 0.1) is 4.88 Å². The van der Waals surface area contributed by atoms with Gasteiger partial charge in [0.25, 0.3) is 0 Å². The number of hydrogen-bond donors (Lipinski definition) is 0. The van der Waals surface area contributed by atoms with E-state index in [1.165, 1.54) is 11.3 Å². The number of ether oxygens (including phenoxy) is 2. The van der Waals surface area contributed by atoms with E-state index in [-0.39, 0.29) is 6.10 Å². The lowest BCUT2D eigenvalue weighted by Crippen LogP contribution is -2.05. The van der Waals surface area contributed by atoms with Gasteiger partial charge in [0, 0.05) is 6.42 Å². The molecule has 1 aromatic heterocycles. The van der Waals surface area contributed by atoms with E-state index in [2.05, 4.69) is 4.99 Å². The summed E-state index contributed by atoms with van der Waals surface area (Å²) in [6.45, 7) is 2.05. The molecule has 5 heteroatoms. The Morgan fingerprint density at radius 3 is 3.09 bits per heavy atom. The van der Waals surface area contributed by atoms with Crippen LogP contribution in [0.4, 0.5) is 0 Å². The Kier molecular flexibility index (Phi) is 3.08. The second-order valence-corrected chi connectivity index (χ2v) is 6.26. The number of carbonyl (C=O) groups is 1.